The fraction of sp³-hybridized carbons (Fsp3) is 1.00. The van der Waals surface area contributed by atoms with Crippen LogP contribution in [0.3, 0.4) is 0 Å². The second-order valence-electron chi connectivity index (χ2n) is 10.7. The van der Waals surface area contributed by atoms with Crippen LogP contribution in [0.1, 0.15) is 194 Å². The summed E-state index contributed by atoms with van der Waals surface area (Å²) in [7, 11) is 0. The van der Waals surface area contributed by atoms with Gasteiger partial charge in [-0.15, -0.1) is 0 Å². The molecule has 0 saturated heterocycles. The van der Waals surface area contributed by atoms with Crippen molar-refractivity contribution in [1.29, 1.82) is 0 Å². The second kappa shape index (κ2) is 29.0. The van der Waals surface area contributed by atoms with Crippen molar-refractivity contribution in [1.82, 2.24) is 0 Å². The van der Waals surface area contributed by atoms with Crippen LogP contribution in [-0.2, 0) is 0 Å². The van der Waals surface area contributed by atoms with E-state index in [1.165, 1.54) is 167 Å². The van der Waals surface area contributed by atoms with Crippen molar-refractivity contribution in [2.75, 3.05) is 0 Å². The molecule has 0 amide bonds. The van der Waals surface area contributed by atoms with E-state index >= 15 is 0 Å². The van der Waals surface area contributed by atoms with Crippen LogP contribution < -0.4 is 0 Å². The SMILES string of the molecule is CCCCCCCCCCCCCCCCCCC(O)CCCCCCCCCCCC. The highest BCUT2D eigenvalue weighted by atomic mass is 16.3. The predicted molar refractivity (Wildman–Crippen MR) is 147 cm³/mol. The molecule has 0 aliphatic heterocycles. The Morgan fingerprint density at radius 1 is 0.312 bits per heavy atom. The van der Waals surface area contributed by atoms with E-state index in [0.717, 1.165) is 12.8 Å². The van der Waals surface area contributed by atoms with Crippen molar-refractivity contribution >= 4 is 0 Å². The number of rotatable bonds is 28. The monoisotopic (exact) mass is 452 g/mol. The van der Waals surface area contributed by atoms with Crippen LogP contribution in [-0.4, -0.2) is 11.2 Å². The van der Waals surface area contributed by atoms with Crippen molar-refractivity contribution in [2.45, 2.75) is 200 Å². The molecule has 194 valence electrons. The third-order valence-corrected chi connectivity index (χ3v) is 7.28. The molecular formula is C31H64O. The number of aliphatic hydroxyl groups is 1. The molecule has 0 bridgehead atoms. The fourth-order valence-electron chi connectivity index (χ4n) is 4.94. The summed E-state index contributed by atoms with van der Waals surface area (Å²) in [5, 5.41) is 10.2. The quantitative estimate of drug-likeness (QED) is 0.117. The highest BCUT2D eigenvalue weighted by Crippen LogP contribution is 2.16. The van der Waals surface area contributed by atoms with E-state index in [0.29, 0.717) is 0 Å². The van der Waals surface area contributed by atoms with Crippen molar-refractivity contribution in [3.63, 3.8) is 0 Å². The maximum absolute atomic E-state index is 10.2. The first-order chi connectivity index (χ1) is 15.8. The van der Waals surface area contributed by atoms with Crippen LogP contribution in [0.4, 0.5) is 0 Å². The van der Waals surface area contributed by atoms with Gasteiger partial charge in [-0.05, 0) is 12.8 Å². The minimum Gasteiger partial charge on any atom is -0.393 e. The molecule has 0 fully saturated rings. The smallest absolute Gasteiger partial charge is 0.0540 e. The van der Waals surface area contributed by atoms with Crippen LogP contribution in [0.15, 0.2) is 0 Å². The summed E-state index contributed by atoms with van der Waals surface area (Å²) in [5.74, 6) is 0. The summed E-state index contributed by atoms with van der Waals surface area (Å²) in [5.41, 5.74) is 0. The minimum atomic E-state index is -0.0318. The van der Waals surface area contributed by atoms with Gasteiger partial charge in [0.15, 0.2) is 0 Å². The zero-order valence-electron chi connectivity index (χ0n) is 22.8. The molecule has 1 N–H and O–H groups in total. The molecule has 0 heterocycles. The van der Waals surface area contributed by atoms with Gasteiger partial charge in [0.05, 0.1) is 6.10 Å². The molecule has 0 aromatic rings. The molecule has 32 heavy (non-hydrogen) atoms. The summed E-state index contributed by atoms with van der Waals surface area (Å²) in [4.78, 5) is 0. The van der Waals surface area contributed by atoms with E-state index in [2.05, 4.69) is 13.8 Å². The largest absolute Gasteiger partial charge is 0.393 e. The van der Waals surface area contributed by atoms with E-state index in [9.17, 15) is 5.11 Å². The number of hydrogen-bond donors (Lipinski definition) is 1. The Labute approximate surface area is 204 Å². The van der Waals surface area contributed by atoms with Gasteiger partial charge in [0.25, 0.3) is 0 Å². The van der Waals surface area contributed by atoms with Gasteiger partial charge in [-0.25, -0.2) is 0 Å². The molecule has 1 unspecified atom stereocenters. The average molecular weight is 453 g/mol. The normalized spacial score (nSPS) is 12.5. The lowest BCUT2D eigenvalue weighted by Gasteiger charge is -2.10. The van der Waals surface area contributed by atoms with Crippen molar-refractivity contribution in [3.8, 4) is 0 Å². The molecule has 0 spiro atoms. The Hall–Kier alpha value is -0.0400. The lowest BCUT2D eigenvalue weighted by molar-refractivity contribution is 0.147. The summed E-state index contributed by atoms with van der Waals surface area (Å²) in [6, 6.07) is 0. The first-order valence-electron chi connectivity index (χ1n) is 15.5. The molecule has 0 rings (SSSR count). The molecule has 1 nitrogen and oxygen atoms in total. The first-order valence-corrected chi connectivity index (χ1v) is 15.5. The zero-order chi connectivity index (χ0) is 23.4. The molecular weight excluding hydrogens is 388 g/mol. The second-order valence-corrected chi connectivity index (χ2v) is 10.7. The lowest BCUT2D eigenvalue weighted by atomic mass is 10.0. The van der Waals surface area contributed by atoms with Crippen LogP contribution in [0.5, 0.6) is 0 Å². The number of aliphatic hydroxyl groups excluding tert-OH is 1. The average Bonchev–Trinajstić information content (AvgIpc) is 2.80. The Morgan fingerprint density at radius 2 is 0.500 bits per heavy atom. The molecule has 0 aromatic carbocycles. The highest BCUT2D eigenvalue weighted by Gasteiger charge is 2.04. The fourth-order valence-corrected chi connectivity index (χ4v) is 4.94. The van der Waals surface area contributed by atoms with E-state index in [-0.39, 0.29) is 6.10 Å². The van der Waals surface area contributed by atoms with Gasteiger partial charge in [-0.3, -0.25) is 0 Å². The predicted octanol–water partition coefficient (Wildman–Crippen LogP) is 11.3. The van der Waals surface area contributed by atoms with Gasteiger partial charge >= 0.3 is 0 Å². The van der Waals surface area contributed by atoms with Gasteiger partial charge in [0.1, 0.15) is 0 Å². The van der Waals surface area contributed by atoms with Crippen molar-refractivity contribution in [2.24, 2.45) is 0 Å². The molecule has 0 radical (unpaired) electrons. The van der Waals surface area contributed by atoms with E-state index in [1.807, 2.05) is 0 Å². The van der Waals surface area contributed by atoms with Gasteiger partial charge < -0.3 is 5.11 Å². The Balaban J connectivity index is 3.12. The summed E-state index contributed by atoms with van der Waals surface area (Å²) >= 11 is 0. The highest BCUT2D eigenvalue weighted by molar-refractivity contribution is 4.58. The van der Waals surface area contributed by atoms with Crippen LogP contribution in [0.25, 0.3) is 0 Å². The summed E-state index contributed by atoms with van der Waals surface area (Å²) in [6.45, 7) is 4.58. The maximum Gasteiger partial charge on any atom is 0.0540 e. The van der Waals surface area contributed by atoms with Crippen molar-refractivity contribution < 1.29 is 5.11 Å². The van der Waals surface area contributed by atoms with E-state index in [1.54, 1.807) is 0 Å². The third kappa shape index (κ3) is 28.0. The van der Waals surface area contributed by atoms with Crippen molar-refractivity contribution in [3.05, 3.63) is 0 Å². The van der Waals surface area contributed by atoms with E-state index < -0.39 is 0 Å². The summed E-state index contributed by atoms with van der Waals surface area (Å²) < 4.78 is 0. The lowest BCUT2D eigenvalue weighted by Crippen LogP contribution is -2.05. The zero-order valence-corrected chi connectivity index (χ0v) is 22.8. The van der Waals surface area contributed by atoms with Gasteiger partial charge in [0.2, 0.25) is 0 Å². The van der Waals surface area contributed by atoms with Gasteiger partial charge in [-0.2, -0.15) is 0 Å². The van der Waals surface area contributed by atoms with Crippen LogP contribution in [0, 0.1) is 0 Å². The Morgan fingerprint density at radius 3 is 0.719 bits per heavy atom. The minimum absolute atomic E-state index is 0.0318. The van der Waals surface area contributed by atoms with E-state index in [4.69, 9.17) is 0 Å². The molecule has 0 aliphatic carbocycles. The van der Waals surface area contributed by atoms with Crippen LogP contribution >= 0.6 is 0 Å². The molecule has 1 atom stereocenters. The summed E-state index contributed by atoms with van der Waals surface area (Å²) in [6.07, 6.45) is 38.6. The van der Waals surface area contributed by atoms with Gasteiger partial charge in [-0.1, -0.05) is 181 Å². The molecule has 0 aromatic heterocycles. The number of hydrogen-bond acceptors (Lipinski definition) is 1. The molecule has 1 heteroatoms. The first kappa shape index (κ1) is 32.0. The third-order valence-electron chi connectivity index (χ3n) is 7.28. The standard InChI is InChI=1S/C31H64O/c1-3-5-7-9-11-13-15-16-17-18-19-20-22-24-26-28-30-31(32)29-27-25-23-21-14-12-10-8-6-4-2/h31-32H,3-30H2,1-2H3. The number of unbranched alkanes of at least 4 members (excludes halogenated alkanes) is 24. The van der Waals surface area contributed by atoms with Crippen LogP contribution in [0.2, 0.25) is 0 Å². The topological polar surface area (TPSA) is 20.2 Å². The molecule has 0 saturated carbocycles. The molecule has 0 aliphatic rings. The maximum atomic E-state index is 10.2. The van der Waals surface area contributed by atoms with Gasteiger partial charge in [0, 0.05) is 0 Å². The Kier molecular flexibility index (Phi) is 29.0. The Bertz CT molecular complexity index is 314.